The largest absolute Gasteiger partial charge is 0.497 e. The Morgan fingerprint density at radius 1 is 1.24 bits per heavy atom. The normalized spacial score (nSPS) is 14.1. The molecule has 0 atom stereocenters. The summed E-state index contributed by atoms with van der Waals surface area (Å²) in [6.45, 7) is 0.903. The van der Waals surface area contributed by atoms with Gasteiger partial charge in [0.15, 0.2) is 10.8 Å². The molecule has 0 spiro atoms. The van der Waals surface area contributed by atoms with Crippen molar-refractivity contribution in [2.45, 2.75) is 5.75 Å². The summed E-state index contributed by atoms with van der Waals surface area (Å²) >= 11 is 4.96. The van der Waals surface area contributed by atoms with Crippen LogP contribution in [0.2, 0.25) is 0 Å². The molecule has 0 radical (unpaired) electrons. The molecular weight excluding hydrogens is 378 g/mol. The second-order valence-corrected chi connectivity index (χ2v) is 8.33. The van der Waals surface area contributed by atoms with Gasteiger partial charge in [0.05, 0.1) is 32.1 Å². The van der Waals surface area contributed by atoms with E-state index in [9.17, 15) is 0 Å². The molecule has 0 aliphatic carbocycles. The van der Waals surface area contributed by atoms with Crippen LogP contribution >= 0.6 is 34.9 Å². The van der Waals surface area contributed by atoms with Gasteiger partial charge < -0.3 is 9.47 Å². The Labute approximate surface area is 156 Å². The first-order valence-electron chi connectivity index (χ1n) is 7.52. The van der Waals surface area contributed by atoms with E-state index in [1.807, 2.05) is 18.2 Å². The Kier molecular flexibility index (Phi) is 4.82. The van der Waals surface area contributed by atoms with E-state index in [1.54, 1.807) is 42.3 Å². The molecule has 4 rings (SSSR count). The van der Waals surface area contributed by atoms with Gasteiger partial charge in [-0.3, -0.25) is 4.99 Å². The number of aliphatic imine (C=N–C) groups is 1. The number of methoxy groups -OCH3 is 2. The third-order valence-electron chi connectivity index (χ3n) is 3.58. The molecule has 1 aromatic carbocycles. The van der Waals surface area contributed by atoms with Gasteiger partial charge in [-0.05, 0) is 12.1 Å². The summed E-state index contributed by atoms with van der Waals surface area (Å²) < 4.78 is 13.6. The number of hydrogen-bond donors (Lipinski definition) is 0. The lowest BCUT2D eigenvalue weighted by Crippen LogP contribution is -1.96. The minimum atomic E-state index is 0.704. The first-order valence-corrected chi connectivity index (χ1v) is 10.3. The molecule has 0 amide bonds. The smallest absolute Gasteiger partial charge is 0.235 e. The van der Waals surface area contributed by atoms with Gasteiger partial charge in [0.25, 0.3) is 0 Å². The highest BCUT2D eigenvalue weighted by Crippen LogP contribution is 2.36. The van der Waals surface area contributed by atoms with Crippen molar-refractivity contribution in [2.75, 3.05) is 26.5 Å². The molecule has 3 heterocycles. The van der Waals surface area contributed by atoms with E-state index in [1.165, 1.54) is 11.3 Å². The van der Waals surface area contributed by atoms with Gasteiger partial charge in [-0.15, -0.1) is 10.2 Å². The highest BCUT2D eigenvalue weighted by Gasteiger charge is 2.17. The fourth-order valence-electron chi connectivity index (χ4n) is 2.36. The molecule has 1 aliphatic rings. The van der Waals surface area contributed by atoms with E-state index in [0.29, 0.717) is 5.75 Å². The van der Waals surface area contributed by atoms with Crippen LogP contribution in [0.4, 0.5) is 0 Å². The molecule has 0 bridgehead atoms. The fourth-order valence-corrected chi connectivity index (χ4v) is 5.16. The second kappa shape index (κ2) is 7.22. The van der Waals surface area contributed by atoms with Crippen LogP contribution in [0.15, 0.2) is 23.2 Å². The van der Waals surface area contributed by atoms with Gasteiger partial charge in [-0.2, -0.15) is 9.61 Å². The van der Waals surface area contributed by atoms with Crippen molar-refractivity contribution in [3.05, 3.63) is 24.0 Å². The van der Waals surface area contributed by atoms with Crippen LogP contribution in [0.3, 0.4) is 0 Å². The Morgan fingerprint density at radius 3 is 2.92 bits per heavy atom. The van der Waals surface area contributed by atoms with Gasteiger partial charge in [-0.25, -0.2) is 0 Å². The quantitative estimate of drug-likeness (QED) is 0.659. The zero-order valence-electron chi connectivity index (χ0n) is 13.6. The van der Waals surface area contributed by atoms with Crippen molar-refractivity contribution >= 4 is 44.2 Å². The molecule has 0 N–H and O–H groups in total. The summed E-state index contributed by atoms with van der Waals surface area (Å²) in [7, 11) is 3.27. The van der Waals surface area contributed by atoms with Crippen LogP contribution in [-0.2, 0) is 5.75 Å². The van der Waals surface area contributed by atoms with Crippen LogP contribution in [0.25, 0.3) is 15.5 Å². The van der Waals surface area contributed by atoms with Crippen molar-refractivity contribution in [1.29, 1.82) is 0 Å². The molecule has 1 aliphatic heterocycles. The van der Waals surface area contributed by atoms with Crippen LogP contribution in [-0.4, -0.2) is 50.7 Å². The summed E-state index contributed by atoms with van der Waals surface area (Å²) in [5, 5.41) is 14.0. The van der Waals surface area contributed by atoms with Crippen LogP contribution in [0.1, 0.15) is 5.82 Å². The minimum absolute atomic E-state index is 0.704. The fraction of sp³-hybridized carbons (Fsp3) is 0.333. The van der Waals surface area contributed by atoms with Crippen molar-refractivity contribution in [2.24, 2.45) is 4.99 Å². The lowest BCUT2D eigenvalue weighted by Gasteiger charge is -2.07. The lowest BCUT2D eigenvalue weighted by molar-refractivity contribution is 0.395. The molecule has 0 saturated heterocycles. The van der Waals surface area contributed by atoms with Crippen molar-refractivity contribution < 1.29 is 9.47 Å². The van der Waals surface area contributed by atoms with Crippen molar-refractivity contribution in [3.8, 4) is 22.1 Å². The Morgan fingerprint density at radius 2 is 2.16 bits per heavy atom. The topological polar surface area (TPSA) is 73.9 Å². The summed E-state index contributed by atoms with van der Waals surface area (Å²) in [4.78, 5) is 5.21. The SMILES string of the molecule is COc1ccc(-c2nn3c(CSC4=NCCS4)nnc3s2)c(OC)c1. The van der Waals surface area contributed by atoms with Crippen LogP contribution in [0, 0.1) is 0 Å². The number of hydrogen-bond acceptors (Lipinski definition) is 9. The average Bonchev–Trinajstić information content (AvgIpc) is 3.36. The van der Waals surface area contributed by atoms with Gasteiger partial charge >= 0.3 is 0 Å². The summed E-state index contributed by atoms with van der Waals surface area (Å²) in [5.41, 5.74) is 0.910. The standard InChI is InChI=1S/C15H15N5O2S3/c1-21-9-3-4-10(11(7-9)22-2)13-19-20-12(17-18-14(20)25-13)8-24-15-16-5-6-23-15/h3-4,7H,5-6,8H2,1-2H3. The highest BCUT2D eigenvalue weighted by atomic mass is 32.2. The molecule has 0 unspecified atom stereocenters. The Hall–Kier alpha value is -1.78. The average molecular weight is 394 g/mol. The molecule has 3 aromatic rings. The number of thioether (sulfide) groups is 2. The molecule has 7 nitrogen and oxygen atoms in total. The predicted molar refractivity (Wildman–Crippen MR) is 103 cm³/mol. The minimum Gasteiger partial charge on any atom is -0.497 e. The van der Waals surface area contributed by atoms with Crippen LogP contribution < -0.4 is 9.47 Å². The number of aromatic nitrogens is 4. The maximum absolute atomic E-state index is 5.48. The zero-order chi connectivity index (χ0) is 17.2. The first-order chi connectivity index (χ1) is 12.3. The maximum Gasteiger partial charge on any atom is 0.235 e. The number of benzene rings is 1. The third kappa shape index (κ3) is 3.33. The second-order valence-electron chi connectivity index (χ2n) is 5.07. The number of ether oxygens (including phenoxy) is 2. The zero-order valence-corrected chi connectivity index (χ0v) is 16.1. The Bertz CT molecular complexity index is 937. The third-order valence-corrected chi connectivity index (χ3v) is 6.76. The van der Waals surface area contributed by atoms with Gasteiger partial charge in [-0.1, -0.05) is 34.9 Å². The molecule has 130 valence electrons. The first kappa shape index (κ1) is 16.7. The number of rotatable bonds is 5. The molecule has 0 fully saturated rings. The molecule has 25 heavy (non-hydrogen) atoms. The van der Waals surface area contributed by atoms with Crippen LogP contribution in [0.5, 0.6) is 11.5 Å². The lowest BCUT2D eigenvalue weighted by atomic mass is 10.2. The van der Waals surface area contributed by atoms with Crippen molar-refractivity contribution in [1.82, 2.24) is 19.8 Å². The summed E-state index contributed by atoms with van der Waals surface area (Å²) in [6.07, 6.45) is 0. The molecule has 2 aromatic heterocycles. The Balaban J connectivity index is 1.63. The summed E-state index contributed by atoms with van der Waals surface area (Å²) in [6, 6.07) is 5.69. The summed E-state index contributed by atoms with van der Waals surface area (Å²) in [5.74, 6) is 4.06. The van der Waals surface area contributed by atoms with E-state index in [4.69, 9.17) is 9.47 Å². The molecule has 0 saturated carbocycles. The highest BCUT2D eigenvalue weighted by molar-refractivity contribution is 8.38. The molecule has 10 heteroatoms. The maximum atomic E-state index is 5.48. The van der Waals surface area contributed by atoms with E-state index in [2.05, 4.69) is 20.3 Å². The van der Waals surface area contributed by atoms with E-state index < -0.39 is 0 Å². The predicted octanol–water partition coefficient (Wildman–Crippen LogP) is 3.21. The van der Waals surface area contributed by atoms with Gasteiger partial charge in [0, 0.05) is 11.8 Å². The number of nitrogens with zero attached hydrogens (tertiary/aromatic N) is 5. The molecular formula is C15H15N5O2S3. The van der Waals surface area contributed by atoms with Crippen molar-refractivity contribution in [3.63, 3.8) is 0 Å². The number of fused-ring (bicyclic) bond motifs is 1. The van der Waals surface area contributed by atoms with Gasteiger partial charge in [0.2, 0.25) is 4.96 Å². The monoisotopic (exact) mass is 393 g/mol. The van der Waals surface area contributed by atoms with E-state index in [0.717, 1.165) is 49.5 Å². The van der Waals surface area contributed by atoms with Gasteiger partial charge in [0.1, 0.15) is 15.9 Å². The van der Waals surface area contributed by atoms with E-state index in [-0.39, 0.29) is 0 Å². The van der Waals surface area contributed by atoms with E-state index >= 15 is 0 Å².